The third-order valence-corrected chi connectivity index (χ3v) is 2.62. The molecule has 0 N–H and O–H groups in total. The molecule has 1 aromatic rings. The first-order valence-electron chi connectivity index (χ1n) is 5.32. The minimum absolute atomic E-state index is 0.0650. The van der Waals surface area contributed by atoms with Gasteiger partial charge in [-0.15, -0.1) is 0 Å². The van der Waals surface area contributed by atoms with Gasteiger partial charge in [0.15, 0.2) is 5.82 Å². The Hall–Kier alpha value is -1.05. The molecule has 4 nitrogen and oxygen atoms in total. The normalized spacial score (nSPS) is 11.6. The highest BCUT2D eigenvalue weighted by Gasteiger charge is 2.32. The largest absolute Gasteiger partial charge is 0.405 e. The van der Waals surface area contributed by atoms with E-state index in [2.05, 4.69) is 20.9 Å². The predicted molar refractivity (Wildman–Crippen MR) is 66.2 cm³/mol. The molecule has 0 saturated heterocycles. The summed E-state index contributed by atoms with van der Waals surface area (Å²) in [5.74, 6) is -0.170. The molecule has 0 saturated carbocycles. The quantitative estimate of drug-likeness (QED) is 0.777. The standard InChI is InChI=1S/C10H13BrF3N3O/c1-2-16-6-4-15-8(9(16)18)17(5-3-11)7-10(12,13)14/h4,6H,2-3,5,7H2,1H3. The Labute approximate surface area is 111 Å². The second kappa shape index (κ2) is 6.21. The minimum atomic E-state index is -4.37. The van der Waals surface area contributed by atoms with Gasteiger partial charge in [-0.1, -0.05) is 15.9 Å². The fourth-order valence-electron chi connectivity index (χ4n) is 1.48. The van der Waals surface area contributed by atoms with Gasteiger partial charge in [-0.3, -0.25) is 4.79 Å². The van der Waals surface area contributed by atoms with E-state index in [9.17, 15) is 18.0 Å². The molecule has 0 fully saturated rings. The van der Waals surface area contributed by atoms with Crippen molar-refractivity contribution in [1.82, 2.24) is 9.55 Å². The molecule has 18 heavy (non-hydrogen) atoms. The van der Waals surface area contributed by atoms with Crippen LogP contribution in [0.25, 0.3) is 0 Å². The Bertz CT molecular complexity index is 447. The van der Waals surface area contributed by atoms with Crippen LogP contribution in [0.15, 0.2) is 17.2 Å². The van der Waals surface area contributed by atoms with Crippen molar-refractivity contribution in [3.05, 3.63) is 22.7 Å². The molecule has 0 radical (unpaired) electrons. The lowest BCUT2D eigenvalue weighted by molar-refractivity contribution is -0.119. The second-order valence-corrected chi connectivity index (χ2v) is 4.36. The number of hydrogen-bond acceptors (Lipinski definition) is 3. The van der Waals surface area contributed by atoms with Gasteiger partial charge in [-0.2, -0.15) is 13.2 Å². The third-order valence-electron chi connectivity index (χ3n) is 2.26. The molecular formula is C10H13BrF3N3O. The maximum Gasteiger partial charge on any atom is 0.405 e. The Morgan fingerprint density at radius 1 is 1.50 bits per heavy atom. The first-order valence-corrected chi connectivity index (χ1v) is 6.44. The van der Waals surface area contributed by atoms with Crippen molar-refractivity contribution in [3.8, 4) is 0 Å². The second-order valence-electron chi connectivity index (χ2n) is 3.57. The van der Waals surface area contributed by atoms with Crippen molar-refractivity contribution in [1.29, 1.82) is 0 Å². The zero-order chi connectivity index (χ0) is 13.8. The van der Waals surface area contributed by atoms with E-state index in [1.165, 1.54) is 17.0 Å². The summed E-state index contributed by atoms with van der Waals surface area (Å²) in [6, 6.07) is 0. The zero-order valence-electron chi connectivity index (χ0n) is 9.74. The monoisotopic (exact) mass is 327 g/mol. The first-order chi connectivity index (χ1) is 8.39. The van der Waals surface area contributed by atoms with Crippen LogP contribution in [-0.2, 0) is 6.54 Å². The van der Waals surface area contributed by atoms with E-state index in [1.807, 2.05) is 0 Å². The van der Waals surface area contributed by atoms with Crippen LogP contribution in [-0.4, -0.2) is 34.1 Å². The molecule has 102 valence electrons. The fourth-order valence-corrected chi connectivity index (χ4v) is 1.91. The summed E-state index contributed by atoms with van der Waals surface area (Å²) in [6.07, 6.45) is -1.59. The molecule has 0 bridgehead atoms. The Kier molecular flexibility index (Phi) is 5.18. The molecule has 0 amide bonds. The van der Waals surface area contributed by atoms with E-state index in [4.69, 9.17) is 0 Å². The summed E-state index contributed by atoms with van der Waals surface area (Å²) in [7, 11) is 0. The van der Waals surface area contributed by atoms with E-state index in [-0.39, 0.29) is 12.4 Å². The SMILES string of the molecule is CCn1ccnc(N(CCBr)CC(F)(F)F)c1=O. The van der Waals surface area contributed by atoms with E-state index >= 15 is 0 Å². The Morgan fingerprint density at radius 2 is 2.17 bits per heavy atom. The Balaban J connectivity index is 3.10. The summed E-state index contributed by atoms with van der Waals surface area (Å²) < 4.78 is 38.6. The van der Waals surface area contributed by atoms with Crippen LogP contribution in [0, 0.1) is 0 Å². The number of aryl methyl sites for hydroxylation is 1. The van der Waals surface area contributed by atoms with Gasteiger partial charge in [0.1, 0.15) is 6.54 Å². The van der Waals surface area contributed by atoms with Crippen molar-refractivity contribution in [3.63, 3.8) is 0 Å². The van der Waals surface area contributed by atoms with E-state index in [0.717, 1.165) is 4.90 Å². The number of anilines is 1. The van der Waals surface area contributed by atoms with Gasteiger partial charge in [0, 0.05) is 30.8 Å². The van der Waals surface area contributed by atoms with Gasteiger partial charge in [0.2, 0.25) is 0 Å². The van der Waals surface area contributed by atoms with Crippen LogP contribution in [0.5, 0.6) is 0 Å². The van der Waals surface area contributed by atoms with Gasteiger partial charge in [0.25, 0.3) is 5.56 Å². The lowest BCUT2D eigenvalue weighted by Crippen LogP contribution is -2.40. The topological polar surface area (TPSA) is 38.1 Å². The van der Waals surface area contributed by atoms with E-state index in [1.54, 1.807) is 6.92 Å². The number of nitrogens with zero attached hydrogens (tertiary/aromatic N) is 3. The zero-order valence-corrected chi connectivity index (χ0v) is 11.3. The van der Waals surface area contributed by atoms with Crippen molar-refractivity contribution >= 4 is 21.7 Å². The number of rotatable bonds is 5. The molecule has 0 aliphatic rings. The van der Waals surface area contributed by atoms with Crippen molar-refractivity contribution in [2.75, 3.05) is 23.3 Å². The predicted octanol–water partition coefficient (Wildman–Crippen LogP) is 2.03. The molecule has 8 heteroatoms. The van der Waals surface area contributed by atoms with Gasteiger partial charge in [-0.05, 0) is 6.92 Å². The molecule has 0 aliphatic heterocycles. The van der Waals surface area contributed by atoms with Crippen LogP contribution >= 0.6 is 15.9 Å². The summed E-state index contributed by atoms with van der Waals surface area (Å²) in [5, 5.41) is 0.325. The molecule has 0 spiro atoms. The van der Waals surface area contributed by atoms with Crippen LogP contribution in [0.2, 0.25) is 0 Å². The molecule has 1 rings (SSSR count). The van der Waals surface area contributed by atoms with Crippen molar-refractivity contribution in [2.24, 2.45) is 0 Å². The van der Waals surface area contributed by atoms with Crippen LogP contribution in [0.4, 0.5) is 19.0 Å². The molecule has 1 aromatic heterocycles. The van der Waals surface area contributed by atoms with Crippen LogP contribution < -0.4 is 10.5 Å². The lowest BCUT2D eigenvalue weighted by Gasteiger charge is -2.23. The van der Waals surface area contributed by atoms with Gasteiger partial charge in [0.05, 0.1) is 0 Å². The number of alkyl halides is 4. The summed E-state index contributed by atoms with van der Waals surface area (Å²) in [5.41, 5.74) is -0.509. The summed E-state index contributed by atoms with van der Waals surface area (Å²) >= 11 is 3.07. The molecule has 0 aliphatic carbocycles. The fraction of sp³-hybridized carbons (Fsp3) is 0.600. The van der Waals surface area contributed by atoms with Gasteiger partial charge in [-0.25, -0.2) is 4.98 Å². The molecule has 0 atom stereocenters. The highest BCUT2D eigenvalue weighted by Crippen LogP contribution is 2.18. The summed E-state index contributed by atoms with van der Waals surface area (Å²) in [4.78, 5) is 16.6. The average molecular weight is 328 g/mol. The number of halogens is 4. The van der Waals surface area contributed by atoms with Crippen molar-refractivity contribution < 1.29 is 13.2 Å². The number of hydrogen-bond donors (Lipinski definition) is 0. The Morgan fingerprint density at radius 3 is 2.67 bits per heavy atom. The maximum atomic E-state index is 12.4. The third kappa shape index (κ3) is 4.01. The molecule has 0 aromatic carbocycles. The van der Waals surface area contributed by atoms with Crippen molar-refractivity contribution in [2.45, 2.75) is 19.6 Å². The van der Waals surface area contributed by atoms with Gasteiger partial charge >= 0.3 is 6.18 Å². The highest BCUT2D eigenvalue weighted by molar-refractivity contribution is 9.09. The number of aromatic nitrogens is 2. The minimum Gasteiger partial charge on any atom is -0.342 e. The maximum absolute atomic E-state index is 12.4. The molecule has 0 unspecified atom stereocenters. The smallest absolute Gasteiger partial charge is 0.342 e. The van der Waals surface area contributed by atoms with Crippen LogP contribution in [0.1, 0.15) is 6.92 Å². The molecular weight excluding hydrogens is 315 g/mol. The van der Waals surface area contributed by atoms with Crippen LogP contribution in [0.3, 0.4) is 0 Å². The van der Waals surface area contributed by atoms with E-state index in [0.29, 0.717) is 11.9 Å². The first kappa shape index (κ1) is 15.0. The average Bonchev–Trinajstić information content (AvgIpc) is 2.27. The van der Waals surface area contributed by atoms with E-state index < -0.39 is 18.3 Å². The molecule has 1 heterocycles. The van der Waals surface area contributed by atoms with Gasteiger partial charge < -0.3 is 9.47 Å². The lowest BCUT2D eigenvalue weighted by atomic mass is 10.4. The summed E-state index contributed by atoms with van der Waals surface area (Å²) in [6.45, 7) is 1.01. The highest BCUT2D eigenvalue weighted by atomic mass is 79.9.